The molecule has 1 aromatic heterocycles. The lowest BCUT2D eigenvalue weighted by Crippen LogP contribution is -2.25. The van der Waals surface area contributed by atoms with E-state index in [1.54, 1.807) is 0 Å². The molecule has 3 aromatic rings. The van der Waals surface area contributed by atoms with E-state index in [4.69, 9.17) is 4.52 Å². The van der Waals surface area contributed by atoms with Crippen LogP contribution in [0.3, 0.4) is 0 Å². The molecule has 0 radical (unpaired) electrons. The van der Waals surface area contributed by atoms with Gasteiger partial charge in [0.1, 0.15) is 0 Å². The number of rotatable bonds is 8. The second-order valence-electron chi connectivity index (χ2n) is 6.27. The normalized spacial score (nSPS) is 10.7. The standard InChI is InChI=1S/C21H23N3O2/c1-16-8-5-6-12-18(16)21-23-20(26-24-21)14-13-19(25)22-15-7-11-17-9-3-2-4-10-17/h2-6,8-10,12H,7,11,13-15H2,1H3,(H,22,25). The molecule has 0 unspecified atom stereocenters. The Morgan fingerprint density at radius 2 is 1.81 bits per heavy atom. The molecule has 5 heteroatoms. The van der Waals surface area contributed by atoms with E-state index in [1.807, 2.05) is 49.4 Å². The van der Waals surface area contributed by atoms with E-state index in [0.717, 1.165) is 24.0 Å². The molecule has 1 N–H and O–H groups in total. The van der Waals surface area contributed by atoms with Crippen molar-refractivity contribution in [1.29, 1.82) is 0 Å². The molecule has 0 saturated carbocycles. The van der Waals surface area contributed by atoms with Crippen LogP contribution in [0.5, 0.6) is 0 Å². The summed E-state index contributed by atoms with van der Waals surface area (Å²) in [6.45, 7) is 2.68. The lowest BCUT2D eigenvalue weighted by molar-refractivity contribution is -0.121. The van der Waals surface area contributed by atoms with Crippen LogP contribution in [0.1, 0.15) is 29.9 Å². The smallest absolute Gasteiger partial charge is 0.227 e. The summed E-state index contributed by atoms with van der Waals surface area (Å²) in [5, 5.41) is 6.96. The summed E-state index contributed by atoms with van der Waals surface area (Å²) in [5.41, 5.74) is 3.33. The summed E-state index contributed by atoms with van der Waals surface area (Å²) in [4.78, 5) is 16.3. The minimum absolute atomic E-state index is 0.00806. The lowest BCUT2D eigenvalue weighted by Gasteiger charge is -2.04. The number of amides is 1. The summed E-state index contributed by atoms with van der Waals surface area (Å²) < 4.78 is 5.27. The highest BCUT2D eigenvalue weighted by Gasteiger charge is 2.11. The van der Waals surface area contributed by atoms with Gasteiger partial charge in [-0.05, 0) is 30.9 Å². The molecule has 0 aliphatic rings. The molecule has 0 atom stereocenters. The van der Waals surface area contributed by atoms with Crippen LogP contribution in [0.15, 0.2) is 59.1 Å². The first-order valence-electron chi connectivity index (χ1n) is 8.91. The second kappa shape index (κ2) is 8.94. The van der Waals surface area contributed by atoms with Gasteiger partial charge in [0.25, 0.3) is 0 Å². The van der Waals surface area contributed by atoms with Gasteiger partial charge < -0.3 is 9.84 Å². The first-order chi connectivity index (χ1) is 12.7. The van der Waals surface area contributed by atoms with Crippen molar-refractivity contribution in [2.75, 3.05) is 6.54 Å². The number of benzene rings is 2. The minimum Gasteiger partial charge on any atom is -0.356 e. The minimum atomic E-state index is 0.00806. The third kappa shape index (κ3) is 5.02. The van der Waals surface area contributed by atoms with Crippen LogP contribution in [0.2, 0.25) is 0 Å². The van der Waals surface area contributed by atoms with Crippen molar-refractivity contribution in [1.82, 2.24) is 15.5 Å². The van der Waals surface area contributed by atoms with Gasteiger partial charge in [-0.25, -0.2) is 0 Å². The number of carbonyl (C=O) groups is 1. The van der Waals surface area contributed by atoms with E-state index in [0.29, 0.717) is 31.1 Å². The second-order valence-corrected chi connectivity index (χ2v) is 6.27. The molecule has 2 aromatic carbocycles. The molecule has 1 heterocycles. The Kier molecular flexibility index (Phi) is 6.14. The van der Waals surface area contributed by atoms with Crippen LogP contribution in [-0.2, 0) is 17.6 Å². The molecule has 3 rings (SSSR count). The van der Waals surface area contributed by atoms with Crippen molar-refractivity contribution in [3.05, 3.63) is 71.6 Å². The fourth-order valence-corrected chi connectivity index (χ4v) is 2.76. The van der Waals surface area contributed by atoms with Gasteiger partial charge >= 0.3 is 0 Å². The number of hydrogen-bond donors (Lipinski definition) is 1. The van der Waals surface area contributed by atoms with Crippen molar-refractivity contribution in [2.24, 2.45) is 0 Å². The molecular formula is C21H23N3O2. The number of aryl methyl sites for hydroxylation is 3. The number of nitrogens with one attached hydrogen (secondary N) is 1. The van der Waals surface area contributed by atoms with E-state index >= 15 is 0 Å². The Labute approximate surface area is 153 Å². The maximum Gasteiger partial charge on any atom is 0.227 e. The molecule has 0 bridgehead atoms. The molecule has 0 aliphatic carbocycles. The molecule has 5 nitrogen and oxygen atoms in total. The quantitative estimate of drug-likeness (QED) is 0.629. The monoisotopic (exact) mass is 349 g/mol. The summed E-state index contributed by atoms with van der Waals surface area (Å²) in [7, 11) is 0. The molecular weight excluding hydrogens is 326 g/mol. The van der Waals surface area contributed by atoms with Crippen molar-refractivity contribution >= 4 is 5.91 Å². The van der Waals surface area contributed by atoms with Crippen LogP contribution in [0, 0.1) is 6.92 Å². The zero-order valence-corrected chi connectivity index (χ0v) is 14.9. The molecule has 1 amide bonds. The van der Waals surface area contributed by atoms with Gasteiger partial charge in [-0.1, -0.05) is 59.8 Å². The lowest BCUT2D eigenvalue weighted by atomic mass is 10.1. The number of aromatic nitrogens is 2. The van der Waals surface area contributed by atoms with Crippen molar-refractivity contribution < 1.29 is 9.32 Å². The van der Waals surface area contributed by atoms with Crippen molar-refractivity contribution in [2.45, 2.75) is 32.6 Å². The fourth-order valence-electron chi connectivity index (χ4n) is 2.76. The van der Waals surface area contributed by atoms with Crippen molar-refractivity contribution in [3.63, 3.8) is 0 Å². The third-order valence-corrected chi connectivity index (χ3v) is 4.23. The SMILES string of the molecule is Cc1ccccc1-c1noc(CCC(=O)NCCCc2ccccc2)n1. The predicted octanol–water partition coefficient (Wildman–Crippen LogP) is 3.73. The maximum atomic E-state index is 12.0. The van der Waals surface area contributed by atoms with Gasteiger partial charge in [-0.3, -0.25) is 4.79 Å². The zero-order chi connectivity index (χ0) is 18.2. The van der Waals surface area contributed by atoms with Crippen LogP contribution in [0.4, 0.5) is 0 Å². The van der Waals surface area contributed by atoms with Gasteiger partial charge in [-0.2, -0.15) is 4.98 Å². The summed E-state index contributed by atoms with van der Waals surface area (Å²) in [6, 6.07) is 18.2. The van der Waals surface area contributed by atoms with Gasteiger partial charge in [0.15, 0.2) is 0 Å². The van der Waals surface area contributed by atoms with Gasteiger partial charge in [0.05, 0.1) is 0 Å². The third-order valence-electron chi connectivity index (χ3n) is 4.23. The molecule has 26 heavy (non-hydrogen) atoms. The molecule has 0 spiro atoms. The van der Waals surface area contributed by atoms with Gasteiger partial charge in [-0.15, -0.1) is 0 Å². The summed E-state index contributed by atoms with van der Waals surface area (Å²) >= 11 is 0. The number of carbonyl (C=O) groups excluding carboxylic acids is 1. The molecule has 0 fully saturated rings. The largest absolute Gasteiger partial charge is 0.356 e. The van der Waals surface area contributed by atoms with Crippen molar-refractivity contribution in [3.8, 4) is 11.4 Å². The Morgan fingerprint density at radius 3 is 2.62 bits per heavy atom. The Bertz CT molecular complexity index is 843. The number of hydrogen-bond acceptors (Lipinski definition) is 4. The average Bonchev–Trinajstić information content (AvgIpc) is 3.13. The number of nitrogens with zero attached hydrogens (tertiary/aromatic N) is 2. The first kappa shape index (κ1) is 17.9. The van der Waals surface area contributed by atoms with Crippen LogP contribution in [0.25, 0.3) is 11.4 Å². The zero-order valence-electron chi connectivity index (χ0n) is 14.9. The Balaban J connectivity index is 1.40. The fraction of sp³-hybridized carbons (Fsp3) is 0.286. The highest BCUT2D eigenvalue weighted by atomic mass is 16.5. The van der Waals surface area contributed by atoms with Crippen LogP contribution >= 0.6 is 0 Å². The van der Waals surface area contributed by atoms with Crippen LogP contribution in [-0.4, -0.2) is 22.6 Å². The van der Waals surface area contributed by atoms with Gasteiger partial charge in [0.2, 0.25) is 17.6 Å². The Morgan fingerprint density at radius 1 is 1.04 bits per heavy atom. The van der Waals surface area contributed by atoms with E-state index < -0.39 is 0 Å². The molecule has 0 aliphatic heterocycles. The first-order valence-corrected chi connectivity index (χ1v) is 8.91. The Hall–Kier alpha value is -2.95. The summed E-state index contributed by atoms with van der Waals surface area (Å²) in [6.07, 6.45) is 2.68. The van der Waals surface area contributed by atoms with Crippen LogP contribution < -0.4 is 5.32 Å². The molecule has 134 valence electrons. The topological polar surface area (TPSA) is 68.0 Å². The maximum absolute atomic E-state index is 12.0. The van der Waals surface area contributed by atoms with E-state index in [1.165, 1.54) is 5.56 Å². The van der Waals surface area contributed by atoms with E-state index in [9.17, 15) is 4.79 Å². The highest BCUT2D eigenvalue weighted by molar-refractivity contribution is 5.76. The van der Waals surface area contributed by atoms with E-state index in [2.05, 4.69) is 27.6 Å². The predicted molar refractivity (Wildman–Crippen MR) is 101 cm³/mol. The highest BCUT2D eigenvalue weighted by Crippen LogP contribution is 2.20. The summed E-state index contributed by atoms with van der Waals surface area (Å²) in [5.74, 6) is 1.07. The molecule has 0 saturated heterocycles. The van der Waals surface area contributed by atoms with E-state index in [-0.39, 0.29) is 5.91 Å². The average molecular weight is 349 g/mol. The van der Waals surface area contributed by atoms with Gasteiger partial charge in [0, 0.05) is 24.9 Å².